The molecule has 0 fully saturated rings. The summed E-state index contributed by atoms with van der Waals surface area (Å²) < 4.78 is 0. The van der Waals surface area contributed by atoms with Gasteiger partial charge in [-0.15, -0.1) is 12.4 Å². The van der Waals surface area contributed by atoms with Gasteiger partial charge in [0.15, 0.2) is 0 Å². The Balaban J connectivity index is 0.00000133. The zero-order valence-corrected chi connectivity index (χ0v) is 12.3. The summed E-state index contributed by atoms with van der Waals surface area (Å²) >= 11 is 11.9. The summed E-state index contributed by atoms with van der Waals surface area (Å²) in [7, 11) is 0. The van der Waals surface area contributed by atoms with Crippen molar-refractivity contribution in [3.05, 3.63) is 57.6 Å². The summed E-state index contributed by atoms with van der Waals surface area (Å²) in [5.74, 6) is 0. The van der Waals surface area contributed by atoms with E-state index in [9.17, 15) is 0 Å². The molecule has 2 heterocycles. The van der Waals surface area contributed by atoms with Crippen molar-refractivity contribution < 1.29 is 0 Å². The maximum Gasteiger partial charge on any atom is 0.224 e. The van der Waals surface area contributed by atoms with E-state index in [1.54, 1.807) is 0 Å². The maximum atomic E-state index is 6.08. The van der Waals surface area contributed by atoms with E-state index in [1.807, 2.05) is 18.2 Å². The van der Waals surface area contributed by atoms with E-state index in [1.165, 1.54) is 5.56 Å². The molecule has 0 N–H and O–H groups in total. The van der Waals surface area contributed by atoms with Gasteiger partial charge in [0.25, 0.3) is 0 Å². The Morgan fingerprint density at radius 2 is 1.79 bits per heavy atom. The lowest BCUT2D eigenvalue weighted by Gasteiger charge is -2.14. The van der Waals surface area contributed by atoms with Gasteiger partial charge in [0.2, 0.25) is 5.28 Å². The lowest BCUT2D eigenvalue weighted by molar-refractivity contribution is 0.274. The largest absolute Gasteiger partial charge is 0.289 e. The zero-order valence-electron chi connectivity index (χ0n) is 10.0. The molecule has 0 saturated carbocycles. The van der Waals surface area contributed by atoms with Gasteiger partial charge in [-0.2, -0.15) is 0 Å². The third kappa shape index (κ3) is 3.18. The fourth-order valence-corrected chi connectivity index (χ4v) is 2.68. The van der Waals surface area contributed by atoms with Crippen molar-refractivity contribution in [2.24, 2.45) is 0 Å². The number of rotatable bonds is 2. The first-order valence-corrected chi connectivity index (χ1v) is 6.45. The molecule has 1 aromatic carbocycles. The van der Waals surface area contributed by atoms with Crippen molar-refractivity contribution in [2.75, 3.05) is 0 Å². The number of aromatic nitrogens is 2. The molecule has 0 saturated heterocycles. The number of hydrogen-bond donors (Lipinski definition) is 0. The normalized spacial score (nSPS) is 14.0. The first-order valence-electron chi connectivity index (χ1n) is 5.69. The molecule has 3 rings (SSSR count). The molecular weight excluding hydrogens is 305 g/mol. The van der Waals surface area contributed by atoms with E-state index in [-0.39, 0.29) is 17.7 Å². The number of hydrogen-bond acceptors (Lipinski definition) is 3. The van der Waals surface area contributed by atoms with E-state index in [0.29, 0.717) is 5.15 Å². The van der Waals surface area contributed by atoms with Crippen LogP contribution < -0.4 is 0 Å². The lowest BCUT2D eigenvalue weighted by Crippen LogP contribution is -2.15. The zero-order chi connectivity index (χ0) is 12.5. The minimum absolute atomic E-state index is 0. The van der Waals surface area contributed by atoms with Gasteiger partial charge in [-0.3, -0.25) is 4.90 Å². The molecule has 100 valence electrons. The van der Waals surface area contributed by atoms with Crippen LogP contribution in [0.1, 0.15) is 16.8 Å². The highest BCUT2D eigenvalue weighted by Gasteiger charge is 2.24. The summed E-state index contributed by atoms with van der Waals surface area (Å²) in [4.78, 5) is 10.5. The number of halogens is 3. The summed E-state index contributed by atoms with van der Waals surface area (Å²) in [5.41, 5.74) is 3.22. The maximum absolute atomic E-state index is 6.08. The molecule has 0 aliphatic carbocycles. The highest BCUT2D eigenvalue weighted by atomic mass is 35.5. The second-order valence-corrected chi connectivity index (χ2v) is 5.04. The van der Waals surface area contributed by atoms with Crippen molar-refractivity contribution in [3.63, 3.8) is 0 Å². The van der Waals surface area contributed by atoms with Gasteiger partial charge < -0.3 is 0 Å². The van der Waals surface area contributed by atoms with Crippen LogP contribution in [0.15, 0.2) is 30.3 Å². The van der Waals surface area contributed by atoms with E-state index in [2.05, 4.69) is 27.0 Å². The number of nitrogens with zero attached hydrogens (tertiary/aromatic N) is 3. The van der Waals surface area contributed by atoms with Gasteiger partial charge in [-0.05, 0) is 17.2 Å². The molecular formula is C13H12Cl3N3. The minimum Gasteiger partial charge on any atom is -0.289 e. The van der Waals surface area contributed by atoms with Crippen molar-refractivity contribution >= 4 is 35.6 Å². The fourth-order valence-electron chi connectivity index (χ4n) is 2.20. The van der Waals surface area contributed by atoms with Gasteiger partial charge in [-0.25, -0.2) is 9.97 Å². The molecule has 0 radical (unpaired) electrons. The van der Waals surface area contributed by atoms with Crippen molar-refractivity contribution in [2.45, 2.75) is 19.6 Å². The topological polar surface area (TPSA) is 29.0 Å². The van der Waals surface area contributed by atoms with Crippen LogP contribution in [0.25, 0.3) is 0 Å². The molecule has 0 bridgehead atoms. The predicted octanol–water partition coefficient (Wildman–Crippen LogP) is 3.72. The van der Waals surface area contributed by atoms with Crippen molar-refractivity contribution in [3.8, 4) is 0 Å². The van der Waals surface area contributed by atoms with Crippen LogP contribution in [-0.4, -0.2) is 14.9 Å². The quantitative estimate of drug-likeness (QED) is 0.624. The molecule has 3 nitrogen and oxygen atoms in total. The molecule has 0 amide bonds. The molecule has 1 aliphatic rings. The standard InChI is InChI=1S/C13H11Cl2N3.ClH/c14-12-10-7-18(6-9-4-2-1-3-5-9)8-11(10)16-13(15)17-12;/h1-5H,6-8H2;1H. The second-order valence-electron chi connectivity index (χ2n) is 4.34. The molecule has 6 heteroatoms. The number of benzene rings is 1. The van der Waals surface area contributed by atoms with Gasteiger partial charge in [-0.1, -0.05) is 41.9 Å². The summed E-state index contributed by atoms with van der Waals surface area (Å²) in [6.45, 7) is 2.43. The van der Waals surface area contributed by atoms with Gasteiger partial charge >= 0.3 is 0 Å². The van der Waals surface area contributed by atoms with Crippen LogP contribution in [-0.2, 0) is 19.6 Å². The Morgan fingerprint density at radius 3 is 2.53 bits per heavy atom. The molecule has 19 heavy (non-hydrogen) atoms. The third-order valence-corrected chi connectivity index (χ3v) is 3.50. The first kappa shape index (κ1) is 14.5. The summed E-state index contributed by atoms with van der Waals surface area (Å²) in [5, 5.41) is 0.695. The summed E-state index contributed by atoms with van der Waals surface area (Å²) in [6.07, 6.45) is 0. The van der Waals surface area contributed by atoms with Gasteiger partial charge in [0.05, 0.1) is 5.69 Å². The highest BCUT2D eigenvalue weighted by molar-refractivity contribution is 6.32. The van der Waals surface area contributed by atoms with Crippen molar-refractivity contribution in [1.82, 2.24) is 14.9 Å². The predicted molar refractivity (Wildman–Crippen MR) is 78.7 cm³/mol. The second kappa shape index (κ2) is 6.06. The smallest absolute Gasteiger partial charge is 0.224 e. The minimum atomic E-state index is 0. The van der Waals surface area contributed by atoms with Crippen LogP contribution in [0.5, 0.6) is 0 Å². The van der Waals surface area contributed by atoms with Crippen LogP contribution >= 0.6 is 35.6 Å². The monoisotopic (exact) mass is 315 g/mol. The highest BCUT2D eigenvalue weighted by Crippen LogP contribution is 2.28. The van der Waals surface area contributed by atoms with E-state index < -0.39 is 0 Å². The number of fused-ring (bicyclic) bond motifs is 1. The van der Waals surface area contributed by atoms with Crippen LogP contribution in [0.2, 0.25) is 10.4 Å². The Labute approximate surface area is 128 Å². The summed E-state index contributed by atoms with van der Waals surface area (Å²) in [6, 6.07) is 10.3. The van der Waals surface area contributed by atoms with Gasteiger partial charge in [0, 0.05) is 25.2 Å². The van der Waals surface area contributed by atoms with E-state index >= 15 is 0 Å². The van der Waals surface area contributed by atoms with Gasteiger partial charge in [0.1, 0.15) is 5.15 Å². The Bertz CT molecular complexity index is 575. The van der Waals surface area contributed by atoms with E-state index in [4.69, 9.17) is 23.2 Å². The van der Waals surface area contributed by atoms with Crippen LogP contribution in [0, 0.1) is 0 Å². The Kier molecular flexibility index (Phi) is 4.63. The average Bonchev–Trinajstić information content (AvgIpc) is 2.73. The Hall–Kier alpha value is -0.870. The molecule has 2 aromatic rings. The van der Waals surface area contributed by atoms with Crippen LogP contribution in [0.4, 0.5) is 0 Å². The molecule has 1 aromatic heterocycles. The molecule has 0 unspecified atom stereocenters. The first-order chi connectivity index (χ1) is 8.72. The van der Waals surface area contributed by atoms with Crippen LogP contribution in [0.3, 0.4) is 0 Å². The van der Waals surface area contributed by atoms with E-state index in [0.717, 1.165) is 30.9 Å². The lowest BCUT2D eigenvalue weighted by atomic mass is 10.2. The molecule has 1 aliphatic heterocycles. The third-order valence-electron chi connectivity index (χ3n) is 3.02. The molecule has 0 spiro atoms. The Morgan fingerprint density at radius 1 is 1.05 bits per heavy atom. The van der Waals surface area contributed by atoms with Crippen molar-refractivity contribution in [1.29, 1.82) is 0 Å². The average molecular weight is 317 g/mol. The SMILES string of the molecule is Cl.Clc1nc(Cl)c2c(n1)CN(Cc1ccccc1)C2. The fraction of sp³-hybridized carbons (Fsp3) is 0.231. The molecule has 0 atom stereocenters.